The van der Waals surface area contributed by atoms with Crippen LogP contribution in [-0.2, 0) is 32.7 Å². The van der Waals surface area contributed by atoms with Gasteiger partial charge in [-0.3, -0.25) is 18.6 Å². The number of hydrogen-bond donors (Lipinski definition) is 6. The molecule has 0 aliphatic heterocycles. The highest BCUT2D eigenvalue weighted by Crippen LogP contribution is 2.47. The predicted molar refractivity (Wildman–Crippen MR) is 267 cm³/mol. The summed E-state index contributed by atoms with van der Waals surface area (Å²) in [6.07, 6.45) is 41.9. The quantitative estimate of drug-likeness (QED) is 0.0146. The molecule has 0 aromatic rings. The van der Waals surface area contributed by atoms with E-state index in [1.165, 1.54) is 51.4 Å². The second kappa shape index (κ2) is 42.0. The number of carbonyl (C=O) groups excluding carboxylic acids is 2. The largest absolute Gasteiger partial charge is 0.472 e. The van der Waals surface area contributed by atoms with E-state index in [0.717, 1.165) is 89.9 Å². The molecule has 0 radical (unpaired) electrons. The third kappa shape index (κ3) is 34.1. The molecule has 6 unspecified atom stereocenters. The third-order valence-corrected chi connectivity index (χ3v) is 12.2. The van der Waals surface area contributed by atoms with E-state index in [0.29, 0.717) is 12.8 Å². The van der Waals surface area contributed by atoms with Crippen molar-refractivity contribution in [2.75, 3.05) is 13.2 Å². The molecule has 0 amide bonds. The third-order valence-electron chi connectivity index (χ3n) is 11.2. The first kappa shape index (κ1) is 62.0. The Morgan fingerprint density at radius 3 is 1.31 bits per heavy atom. The Balaban J connectivity index is 2.44. The first-order valence-corrected chi connectivity index (χ1v) is 26.9. The zero-order valence-corrected chi connectivity index (χ0v) is 41.8. The number of allylic oxidation sites excluding steroid dienone is 14. The summed E-state index contributed by atoms with van der Waals surface area (Å²) in [4.78, 5) is 35.8. The summed E-state index contributed by atoms with van der Waals surface area (Å²) in [6, 6.07) is 0. The van der Waals surface area contributed by atoms with Gasteiger partial charge in [-0.2, -0.15) is 0 Å². The molecule has 0 bridgehead atoms. The molecule has 384 valence electrons. The SMILES string of the molecule is CC/C=C/C/C=C/C/C=C/C/C=C/C/C=C/CCCCCC(=O)OC[C@@H](COP(=O)(O)OC1C(O)C(O)C(O)[C@H](O)C1O)OC(=O)CCCCCCCCCCC/C=C/C/C=C/CCCCC. The minimum absolute atomic E-state index is 0.0797. The van der Waals surface area contributed by atoms with Crippen LogP contribution in [0.1, 0.15) is 181 Å². The highest BCUT2D eigenvalue weighted by atomic mass is 31.2. The van der Waals surface area contributed by atoms with E-state index in [-0.39, 0.29) is 12.8 Å². The fraction of sp³-hybridized carbons (Fsp3) is 0.698. The van der Waals surface area contributed by atoms with Crippen molar-refractivity contribution in [1.29, 1.82) is 0 Å². The Labute approximate surface area is 403 Å². The zero-order valence-electron chi connectivity index (χ0n) is 40.9. The van der Waals surface area contributed by atoms with Crippen LogP contribution in [-0.4, -0.2) is 98.3 Å². The number of carbonyl (C=O) groups is 2. The van der Waals surface area contributed by atoms with Gasteiger partial charge < -0.3 is 39.9 Å². The average Bonchev–Trinajstić information content (AvgIpc) is 3.31. The monoisotopic (exact) mass is 965 g/mol. The van der Waals surface area contributed by atoms with E-state index in [1.807, 2.05) is 0 Å². The number of unbranched alkanes of at least 4 members (excludes halogenated alkanes) is 15. The van der Waals surface area contributed by atoms with Crippen molar-refractivity contribution in [3.05, 3.63) is 85.1 Å². The van der Waals surface area contributed by atoms with Crippen LogP contribution < -0.4 is 0 Å². The molecule has 1 aliphatic rings. The van der Waals surface area contributed by atoms with E-state index in [1.54, 1.807) is 0 Å². The lowest BCUT2D eigenvalue weighted by molar-refractivity contribution is -0.220. The second-order valence-electron chi connectivity index (χ2n) is 17.3. The first-order chi connectivity index (χ1) is 32.4. The molecule has 67 heavy (non-hydrogen) atoms. The van der Waals surface area contributed by atoms with Crippen LogP contribution in [0.25, 0.3) is 0 Å². The maximum atomic E-state index is 12.9. The van der Waals surface area contributed by atoms with Gasteiger partial charge in [0.1, 0.15) is 43.2 Å². The lowest BCUT2D eigenvalue weighted by atomic mass is 9.85. The molecule has 0 aromatic heterocycles. The molecule has 0 saturated heterocycles. The smallest absolute Gasteiger partial charge is 0.462 e. The minimum Gasteiger partial charge on any atom is -0.462 e. The van der Waals surface area contributed by atoms with Crippen LogP contribution in [0.4, 0.5) is 0 Å². The summed E-state index contributed by atoms with van der Waals surface area (Å²) in [6.45, 7) is 3.14. The maximum Gasteiger partial charge on any atom is 0.472 e. The molecule has 1 fully saturated rings. The Hall–Kier alpha value is -2.97. The van der Waals surface area contributed by atoms with Crippen LogP contribution in [0.15, 0.2) is 85.1 Å². The Kier molecular flexibility index (Phi) is 38.9. The Morgan fingerprint density at radius 1 is 0.478 bits per heavy atom. The molecule has 1 saturated carbocycles. The standard InChI is InChI=1S/C53H89O13P/c1-3-5-7-9-11-13-15-17-19-21-23-25-27-29-31-33-35-37-39-41-46(54)63-43-45(44-64-67(61,62)66-53-51(59)49(57)48(56)50(58)52(53)60)65-47(55)42-40-38-36-34-32-30-28-26-24-22-20-18-16-14-12-10-8-6-4-2/h5,7,11-14,17-20,23,25,29,31,45,48-53,56-60H,3-4,6,8-10,15-16,21-22,24,26-28,30,32-44H2,1-2H3,(H,61,62)/b7-5+,13-11+,14-12+,19-17+,20-18+,25-23+,31-29+/t45-,48?,49-,50?,51?,52?,53?/m0/s1. The fourth-order valence-electron chi connectivity index (χ4n) is 7.17. The van der Waals surface area contributed by atoms with Gasteiger partial charge >= 0.3 is 19.8 Å². The van der Waals surface area contributed by atoms with Gasteiger partial charge in [-0.05, 0) is 89.9 Å². The first-order valence-electron chi connectivity index (χ1n) is 25.4. The molecule has 0 spiro atoms. The number of phosphoric ester groups is 1. The Bertz CT molecular complexity index is 1490. The summed E-state index contributed by atoms with van der Waals surface area (Å²) >= 11 is 0. The molecule has 13 nitrogen and oxygen atoms in total. The van der Waals surface area contributed by atoms with Gasteiger partial charge in [0.25, 0.3) is 0 Å². The van der Waals surface area contributed by atoms with Crippen LogP contribution in [0.2, 0.25) is 0 Å². The van der Waals surface area contributed by atoms with Crippen molar-refractivity contribution in [3.63, 3.8) is 0 Å². The molecule has 1 aliphatic carbocycles. The molecule has 8 atom stereocenters. The molecule has 1 rings (SSSR count). The summed E-state index contributed by atoms with van der Waals surface area (Å²) in [5.74, 6) is -1.15. The van der Waals surface area contributed by atoms with Crippen LogP contribution >= 0.6 is 7.82 Å². The van der Waals surface area contributed by atoms with Crippen LogP contribution in [0, 0.1) is 0 Å². The van der Waals surface area contributed by atoms with Crippen molar-refractivity contribution in [1.82, 2.24) is 0 Å². The van der Waals surface area contributed by atoms with E-state index in [4.69, 9.17) is 18.5 Å². The topological polar surface area (TPSA) is 210 Å². The summed E-state index contributed by atoms with van der Waals surface area (Å²) in [5.41, 5.74) is 0. The number of ether oxygens (including phenoxy) is 2. The molecule has 14 heteroatoms. The number of phosphoric acid groups is 1. The minimum atomic E-state index is -5.14. The number of esters is 2. The number of rotatable bonds is 41. The van der Waals surface area contributed by atoms with Crippen molar-refractivity contribution in [2.24, 2.45) is 0 Å². The van der Waals surface area contributed by atoms with Gasteiger partial charge in [0.15, 0.2) is 6.10 Å². The van der Waals surface area contributed by atoms with Gasteiger partial charge in [-0.25, -0.2) is 4.57 Å². The summed E-state index contributed by atoms with van der Waals surface area (Å²) in [7, 11) is -5.14. The van der Waals surface area contributed by atoms with E-state index in [9.17, 15) is 44.6 Å². The lowest BCUT2D eigenvalue weighted by Crippen LogP contribution is -2.64. The molecular formula is C53H89O13P. The summed E-state index contributed by atoms with van der Waals surface area (Å²) in [5, 5.41) is 50.3. The van der Waals surface area contributed by atoms with Gasteiger partial charge in [0.2, 0.25) is 0 Å². The normalized spacial score (nSPS) is 21.9. The lowest BCUT2D eigenvalue weighted by Gasteiger charge is -2.41. The van der Waals surface area contributed by atoms with Crippen molar-refractivity contribution in [2.45, 2.75) is 224 Å². The van der Waals surface area contributed by atoms with E-state index >= 15 is 0 Å². The van der Waals surface area contributed by atoms with Gasteiger partial charge in [0.05, 0.1) is 6.61 Å². The fourth-order valence-corrected chi connectivity index (χ4v) is 8.14. The number of hydrogen-bond acceptors (Lipinski definition) is 12. The summed E-state index contributed by atoms with van der Waals surface area (Å²) < 4.78 is 33.6. The number of aliphatic hydroxyl groups excluding tert-OH is 5. The van der Waals surface area contributed by atoms with Gasteiger partial charge in [-0.1, -0.05) is 163 Å². The van der Waals surface area contributed by atoms with E-state index < -0.39 is 75.7 Å². The van der Waals surface area contributed by atoms with Crippen molar-refractivity contribution < 1.29 is 63.1 Å². The van der Waals surface area contributed by atoms with Crippen molar-refractivity contribution >= 4 is 19.8 Å². The predicted octanol–water partition coefficient (Wildman–Crippen LogP) is 10.8. The highest BCUT2D eigenvalue weighted by Gasteiger charge is 2.51. The molecule has 0 aromatic carbocycles. The number of aliphatic hydroxyl groups is 5. The second-order valence-corrected chi connectivity index (χ2v) is 18.7. The van der Waals surface area contributed by atoms with E-state index in [2.05, 4.69) is 98.9 Å². The average molecular weight is 965 g/mol. The molecule has 0 heterocycles. The van der Waals surface area contributed by atoms with Crippen LogP contribution in [0.5, 0.6) is 0 Å². The maximum absolute atomic E-state index is 12.9. The highest BCUT2D eigenvalue weighted by molar-refractivity contribution is 7.47. The van der Waals surface area contributed by atoms with Crippen molar-refractivity contribution in [3.8, 4) is 0 Å². The van der Waals surface area contributed by atoms with Gasteiger partial charge in [0, 0.05) is 12.8 Å². The molecular weight excluding hydrogens is 876 g/mol. The molecule has 6 N–H and O–H groups in total. The zero-order chi connectivity index (χ0) is 49.2. The Morgan fingerprint density at radius 2 is 0.851 bits per heavy atom. The van der Waals surface area contributed by atoms with Crippen LogP contribution in [0.3, 0.4) is 0 Å². The van der Waals surface area contributed by atoms with Gasteiger partial charge in [-0.15, -0.1) is 0 Å².